The first-order valence-electron chi connectivity index (χ1n) is 9.33. The number of nitrogens with one attached hydrogen (secondary N) is 1. The molecule has 0 bridgehead atoms. The molecule has 0 spiro atoms. The number of halogens is 1. The Balaban J connectivity index is 1.61. The number of esters is 1. The fraction of sp³-hybridized carbons (Fsp3) is 0.0435. The second kappa shape index (κ2) is 8.64. The molecule has 1 saturated heterocycles. The summed E-state index contributed by atoms with van der Waals surface area (Å²) in [6.07, 6.45) is 1.28. The van der Waals surface area contributed by atoms with E-state index in [1.165, 1.54) is 13.2 Å². The van der Waals surface area contributed by atoms with Gasteiger partial charge >= 0.3 is 12.0 Å². The summed E-state index contributed by atoms with van der Waals surface area (Å²) in [6, 6.07) is 15.5. The molecule has 9 heteroatoms. The Kier molecular flexibility index (Phi) is 5.74. The summed E-state index contributed by atoms with van der Waals surface area (Å²) < 4.78 is 11.2. The Morgan fingerprint density at radius 1 is 1.00 bits per heavy atom. The molecule has 1 N–H and O–H groups in total. The first-order valence-corrected chi connectivity index (χ1v) is 10.1. The van der Waals surface area contributed by atoms with Crippen molar-refractivity contribution < 1.29 is 28.3 Å². The molecule has 160 valence electrons. The predicted octanol–water partition coefficient (Wildman–Crippen LogP) is 4.16. The van der Waals surface area contributed by atoms with Gasteiger partial charge in [0.2, 0.25) is 0 Å². The van der Waals surface area contributed by atoms with E-state index < -0.39 is 23.8 Å². The maximum absolute atomic E-state index is 12.9. The lowest BCUT2D eigenvalue weighted by atomic mass is 10.1. The van der Waals surface area contributed by atoms with Gasteiger partial charge in [-0.25, -0.2) is 14.5 Å². The first kappa shape index (κ1) is 21.3. The number of hydrogen-bond donors (Lipinski definition) is 1. The monoisotopic (exact) mass is 494 g/mol. The lowest BCUT2D eigenvalue weighted by Crippen LogP contribution is -2.54. The highest BCUT2D eigenvalue weighted by Crippen LogP contribution is 2.27. The summed E-state index contributed by atoms with van der Waals surface area (Å²) in [5.41, 5.74) is 1.16. The molecule has 0 aliphatic carbocycles. The van der Waals surface area contributed by atoms with Gasteiger partial charge in [-0.1, -0.05) is 28.1 Å². The number of hydrogen-bond acceptors (Lipinski definition) is 6. The van der Waals surface area contributed by atoms with E-state index >= 15 is 0 Å². The number of carbonyl (C=O) groups excluding carboxylic acids is 4. The number of ether oxygens (including phenoxy) is 1. The predicted molar refractivity (Wildman–Crippen MR) is 119 cm³/mol. The SMILES string of the molecule is COC(=O)c1ccc(-c2ccc(/C=C3\C(=O)NC(=O)N(c4ccc(Br)cc4)C3=O)o2)cc1. The highest BCUT2D eigenvalue weighted by molar-refractivity contribution is 9.10. The number of furan rings is 1. The van der Waals surface area contributed by atoms with Crippen LogP contribution in [0.25, 0.3) is 17.4 Å². The van der Waals surface area contributed by atoms with Gasteiger partial charge in [-0.3, -0.25) is 14.9 Å². The normalized spacial score (nSPS) is 15.1. The Labute approximate surface area is 190 Å². The fourth-order valence-corrected chi connectivity index (χ4v) is 3.36. The number of benzene rings is 2. The lowest BCUT2D eigenvalue weighted by molar-refractivity contribution is -0.122. The average molecular weight is 495 g/mol. The zero-order valence-corrected chi connectivity index (χ0v) is 18.2. The van der Waals surface area contributed by atoms with Crippen LogP contribution in [-0.4, -0.2) is 30.9 Å². The number of rotatable bonds is 4. The maximum Gasteiger partial charge on any atom is 0.337 e. The van der Waals surface area contributed by atoms with Crippen LogP contribution in [0.5, 0.6) is 0 Å². The summed E-state index contributed by atoms with van der Waals surface area (Å²) in [4.78, 5) is 49.9. The molecule has 8 nitrogen and oxygen atoms in total. The fourth-order valence-electron chi connectivity index (χ4n) is 3.10. The number of anilines is 1. The average Bonchev–Trinajstić information content (AvgIpc) is 3.26. The van der Waals surface area contributed by atoms with Gasteiger partial charge in [0.05, 0.1) is 18.4 Å². The van der Waals surface area contributed by atoms with E-state index in [0.29, 0.717) is 22.6 Å². The summed E-state index contributed by atoms with van der Waals surface area (Å²) in [7, 11) is 1.30. The molecule has 0 radical (unpaired) electrons. The van der Waals surface area contributed by atoms with Crippen LogP contribution >= 0.6 is 15.9 Å². The third kappa shape index (κ3) is 4.10. The van der Waals surface area contributed by atoms with Crippen molar-refractivity contribution in [3.63, 3.8) is 0 Å². The highest BCUT2D eigenvalue weighted by Gasteiger charge is 2.37. The van der Waals surface area contributed by atoms with Gasteiger partial charge in [0.25, 0.3) is 11.8 Å². The van der Waals surface area contributed by atoms with Gasteiger partial charge in [0.1, 0.15) is 17.1 Å². The molecule has 1 aliphatic rings. The van der Waals surface area contributed by atoms with Crippen molar-refractivity contribution in [2.45, 2.75) is 0 Å². The molecule has 4 rings (SSSR count). The van der Waals surface area contributed by atoms with E-state index in [2.05, 4.69) is 26.0 Å². The van der Waals surface area contributed by atoms with Crippen LogP contribution in [0, 0.1) is 0 Å². The number of imide groups is 2. The topological polar surface area (TPSA) is 106 Å². The number of nitrogens with zero attached hydrogens (tertiary/aromatic N) is 1. The van der Waals surface area contributed by atoms with E-state index in [1.807, 2.05) is 0 Å². The van der Waals surface area contributed by atoms with Gasteiger partial charge in [-0.15, -0.1) is 0 Å². The van der Waals surface area contributed by atoms with Crippen LogP contribution < -0.4 is 10.2 Å². The summed E-state index contributed by atoms with van der Waals surface area (Å²) in [6.45, 7) is 0. The molecule has 2 heterocycles. The minimum Gasteiger partial charge on any atom is -0.465 e. The Morgan fingerprint density at radius 2 is 1.69 bits per heavy atom. The molecule has 1 aromatic heterocycles. The van der Waals surface area contributed by atoms with Crippen LogP contribution in [0.2, 0.25) is 0 Å². The quantitative estimate of drug-likeness (QED) is 0.331. The van der Waals surface area contributed by atoms with E-state index in [1.54, 1.807) is 60.7 Å². The maximum atomic E-state index is 12.9. The largest absolute Gasteiger partial charge is 0.465 e. The molecule has 0 saturated carbocycles. The van der Waals surface area contributed by atoms with E-state index in [4.69, 9.17) is 4.42 Å². The van der Waals surface area contributed by atoms with E-state index in [9.17, 15) is 19.2 Å². The molecule has 3 aromatic rings. The molecular weight excluding hydrogens is 480 g/mol. The van der Waals surface area contributed by atoms with Crippen molar-refractivity contribution in [3.05, 3.63) is 82.0 Å². The standard InChI is InChI=1S/C23H15BrN2O6/c1-31-22(29)14-4-2-13(3-5-14)19-11-10-17(32-19)12-18-20(27)25-23(30)26(21(18)28)16-8-6-15(24)7-9-16/h2-12H,1H3,(H,25,27,30)/b18-12+. The van der Waals surface area contributed by atoms with E-state index in [0.717, 1.165) is 9.37 Å². The van der Waals surface area contributed by atoms with Gasteiger partial charge < -0.3 is 9.15 Å². The zero-order valence-electron chi connectivity index (χ0n) is 16.6. The lowest BCUT2D eigenvalue weighted by Gasteiger charge is -2.26. The Morgan fingerprint density at radius 3 is 2.34 bits per heavy atom. The highest BCUT2D eigenvalue weighted by atomic mass is 79.9. The molecule has 4 amide bonds. The van der Waals surface area contributed by atoms with Crippen molar-refractivity contribution in [1.29, 1.82) is 0 Å². The number of urea groups is 1. The smallest absolute Gasteiger partial charge is 0.337 e. The Hall–Kier alpha value is -3.98. The molecule has 0 atom stereocenters. The molecule has 1 aliphatic heterocycles. The zero-order chi connectivity index (χ0) is 22.8. The third-order valence-corrected chi connectivity index (χ3v) is 5.22. The van der Waals surface area contributed by atoms with Gasteiger partial charge in [0.15, 0.2) is 0 Å². The molecule has 0 unspecified atom stereocenters. The van der Waals surface area contributed by atoms with Crippen LogP contribution in [0.1, 0.15) is 16.1 Å². The second-order valence-electron chi connectivity index (χ2n) is 6.71. The van der Waals surface area contributed by atoms with E-state index in [-0.39, 0.29) is 11.3 Å². The Bertz CT molecular complexity index is 1260. The van der Waals surface area contributed by atoms with Crippen LogP contribution in [0.4, 0.5) is 10.5 Å². The minimum atomic E-state index is -0.828. The second-order valence-corrected chi connectivity index (χ2v) is 7.62. The van der Waals surface area contributed by atoms with Crippen LogP contribution in [0.15, 0.2) is 75.1 Å². The van der Waals surface area contributed by atoms with Crippen LogP contribution in [-0.2, 0) is 14.3 Å². The summed E-state index contributed by atoms with van der Waals surface area (Å²) in [5, 5.41) is 2.17. The van der Waals surface area contributed by atoms with Crippen molar-refractivity contribution in [2.24, 2.45) is 0 Å². The number of amides is 4. The third-order valence-electron chi connectivity index (χ3n) is 4.69. The van der Waals surface area contributed by atoms with Gasteiger partial charge in [-0.05, 0) is 54.6 Å². The van der Waals surface area contributed by atoms with Gasteiger partial charge in [0, 0.05) is 10.0 Å². The van der Waals surface area contributed by atoms with Crippen LogP contribution in [0.3, 0.4) is 0 Å². The van der Waals surface area contributed by atoms with Crippen molar-refractivity contribution in [1.82, 2.24) is 5.32 Å². The van der Waals surface area contributed by atoms with Crippen molar-refractivity contribution in [2.75, 3.05) is 12.0 Å². The molecule has 32 heavy (non-hydrogen) atoms. The molecule has 1 fully saturated rings. The first-order chi connectivity index (χ1) is 15.4. The number of carbonyl (C=O) groups is 4. The number of methoxy groups -OCH3 is 1. The number of barbiturate groups is 1. The van der Waals surface area contributed by atoms with Crippen molar-refractivity contribution in [3.8, 4) is 11.3 Å². The molecular formula is C23H15BrN2O6. The molecule has 2 aromatic carbocycles. The summed E-state index contributed by atoms with van der Waals surface area (Å²) >= 11 is 3.30. The minimum absolute atomic E-state index is 0.241. The summed E-state index contributed by atoms with van der Waals surface area (Å²) in [5.74, 6) is -1.30. The van der Waals surface area contributed by atoms with Crippen molar-refractivity contribution >= 4 is 51.5 Å². The van der Waals surface area contributed by atoms with Gasteiger partial charge in [-0.2, -0.15) is 0 Å².